The molecule has 0 radical (unpaired) electrons. The van der Waals surface area contributed by atoms with Crippen LogP contribution in [0.25, 0.3) is 11.3 Å². The molecule has 0 atom stereocenters. The fourth-order valence-corrected chi connectivity index (χ4v) is 2.72. The van der Waals surface area contributed by atoms with Crippen molar-refractivity contribution >= 4 is 23.4 Å². The molecule has 140 valence electrons. The quantitative estimate of drug-likeness (QED) is 0.517. The van der Waals surface area contributed by atoms with Crippen LogP contribution in [-0.2, 0) is 11.3 Å². The lowest BCUT2D eigenvalue weighted by Gasteiger charge is -2.11. The highest BCUT2D eigenvalue weighted by Gasteiger charge is 2.07. The van der Waals surface area contributed by atoms with Crippen molar-refractivity contribution in [2.75, 3.05) is 30.9 Å². The normalized spacial score (nSPS) is 10.6. The van der Waals surface area contributed by atoms with Crippen molar-refractivity contribution in [1.82, 2.24) is 9.97 Å². The van der Waals surface area contributed by atoms with Gasteiger partial charge in [-0.1, -0.05) is 54.1 Å². The average molecular weight is 383 g/mol. The van der Waals surface area contributed by atoms with Gasteiger partial charge in [0.25, 0.3) is 0 Å². The first kappa shape index (κ1) is 19.1. The van der Waals surface area contributed by atoms with Crippen LogP contribution in [0.3, 0.4) is 0 Å². The van der Waals surface area contributed by atoms with Crippen molar-refractivity contribution in [3.8, 4) is 11.3 Å². The Morgan fingerprint density at radius 3 is 2.48 bits per heavy atom. The largest absolute Gasteiger partial charge is 0.385 e. The summed E-state index contributed by atoms with van der Waals surface area (Å²) in [4.78, 5) is 9.26. The molecule has 6 heteroatoms. The van der Waals surface area contributed by atoms with Crippen molar-refractivity contribution < 1.29 is 4.74 Å². The monoisotopic (exact) mass is 382 g/mol. The number of rotatable bonds is 9. The molecule has 2 N–H and O–H groups in total. The van der Waals surface area contributed by atoms with Crippen LogP contribution >= 0.6 is 11.6 Å². The van der Waals surface area contributed by atoms with Crippen LogP contribution in [0.1, 0.15) is 12.0 Å². The Morgan fingerprint density at radius 1 is 0.963 bits per heavy atom. The number of benzene rings is 2. The minimum Gasteiger partial charge on any atom is -0.385 e. The Kier molecular flexibility index (Phi) is 7.02. The van der Waals surface area contributed by atoms with Gasteiger partial charge in [-0.15, -0.1) is 0 Å². The third-order valence-corrected chi connectivity index (χ3v) is 4.24. The number of aromatic nitrogens is 2. The zero-order valence-corrected chi connectivity index (χ0v) is 16.0. The first-order chi connectivity index (χ1) is 13.2. The van der Waals surface area contributed by atoms with Gasteiger partial charge in [0.2, 0.25) is 5.95 Å². The summed E-state index contributed by atoms with van der Waals surface area (Å²) in [5.74, 6) is 1.37. The van der Waals surface area contributed by atoms with E-state index in [1.54, 1.807) is 7.11 Å². The predicted molar refractivity (Wildman–Crippen MR) is 111 cm³/mol. The fraction of sp³-hybridized carbons (Fsp3) is 0.238. The average Bonchev–Trinajstić information content (AvgIpc) is 2.71. The summed E-state index contributed by atoms with van der Waals surface area (Å²) in [6.07, 6.45) is 0.911. The molecule has 3 rings (SSSR count). The lowest BCUT2D eigenvalue weighted by Crippen LogP contribution is -2.10. The van der Waals surface area contributed by atoms with Gasteiger partial charge in [0.05, 0.1) is 5.69 Å². The third kappa shape index (κ3) is 5.94. The maximum atomic E-state index is 5.95. The molecule has 3 aromatic rings. The maximum absolute atomic E-state index is 5.95. The van der Waals surface area contributed by atoms with E-state index < -0.39 is 0 Å². The summed E-state index contributed by atoms with van der Waals surface area (Å²) in [7, 11) is 1.71. The van der Waals surface area contributed by atoms with Gasteiger partial charge in [0, 0.05) is 43.5 Å². The topological polar surface area (TPSA) is 59.1 Å². The molecule has 0 spiro atoms. The van der Waals surface area contributed by atoms with Crippen LogP contribution < -0.4 is 10.6 Å². The molecule has 1 aromatic heterocycles. The molecule has 0 saturated carbocycles. The summed E-state index contributed by atoms with van der Waals surface area (Å²) in [5.41, 5.74) is 3.04. The molecular formula is C21H23ClN4O. The maximum Gasteiger partial charge on any atom is 0.225 e. The van der Waals surface area contributed by atoms with E-state index in [1.807, 2.05) is 60.7 Å². The number of hydrogen-bond acceptors (Lipinski definition) is 5. The van der Waals surface area contributed by atoms with Gasteiger partial charge < -0.3 is 15.4 Å². The van der Waals surface area contributed by atoms with Crippen LogP contribution in [0.2, 0.25) is 5.02 Å². The van der Waals surface area contributed by atoms with Crippen molar-refractivity contribution in [2.45, 2.75) is 13.0 Å². The summed E-state index contributed by atoms with van der Waals surface area (Å²) in [6, 6.07) is 19.8. The summed E-state index contributed by atoms with van der Waals surface area (Å²) < 4.78 is 5.10. The van der Waals surface area contributed by atoms with Crippen LogP contribution in [0, 0.1) is 0 Å². The summed E-state index contributed by atoms with van der Waals surface area (Å²) in [6.45, 7) is 2.12. The number of halogens is 1. The molecule has 0 saturated heterocycles. The molecule has 0 amide bonds. The van der Waals surface area contributed by atoms with E-state index >= 15 is 0 Å². The van der Waals surface area contributed by atoms with Crippen LogP contribution in [0.15, 0.2) is 60.7 Å². The number of nitrogens with zero attached hydrogens (tertiary/aromatic N) is 2. The van der Waals surface area contributed by atoms with Gasteiger partial charge in [-0.2, -0.15) is 4.98 Å². The Hall–Kier alpha value is -2.63. The van der Waals surface area contributed by atoms with E-state index in [4.69, 9.17) is 16.3 Å². The number of hydrogen-bond donors (Lipinski definition) is 2. The van der Waals surface area contributed by atoms with Crippen LogP contribution in [0.5, 0.6) is 0 Å². The minimum atomic E-state index is 0.584. The summed E-state index contributed by atoms with van der Waals surface area (Å²) >= 11 is 5.95. The number of nitrogens with one attached hydrogen (secondary N) is 2. The van der Waals surface area contributed by atoms with E-state index in [2.05, 4.69) is 20.6 Å². The molecule has 2 aromatic carbocycles. The van der Waals surface area contributed by atoms with E-state index in [-0.39, 0.29) is 0 Å². The zero-order chi connectivity index (χ0) is 18.9. The molecule has 1 heterocycles. The second-order valence-corrected chi connectivity index (χ2v) is 6.52. The van der Waals surface area contributed by atoms with Gasteiger partial charge in [0.1, 0.15) is 5.82 Å². The third-order valence-electron chi connectivity index (χ3n) is 3.99. The van der Waals surface area contributed by atoms with Crippen molar-refractivity contribution in [1.29, 1.82) is 0 Å². The highest BCUT2D eigenvalue weighted by molar-refractivity contribution is 6.30. The molecule has 5 nitrogen and oxygen atoms in total. The smallest absolute Gasteiger partial charge is 0.225 e. The van der Waals surface area contributed by atoms with E-state index in [0.29, 0.717) is 19.1 Å². The first-order valence-electron chi connectivity index (χ1n) is 8.90. The number of anilines is 2. The van der Waals surface area contributed by atoms with E-state index in [0.717, 1.165) is 40.6 Å². The Morgan fingerprint density at radius 2 is 1.74 bits per heavy atom. The molecule has 0 aliphatic rings. The minimum absolute atomic E-state index is 0.584. The van der Waals surface area contributed by atoms with Gasteiger partial charge >= 0.3 is 0 Å². The zero-order valence-electron chi connectivity index (χ0n) is 15.3. The number of methoxy groups -OCH3 is 1. The fourth-order valence-electron chi connectivity index (χ4n) is 2.59. The van der Waals surface area contributed by atoms with Crippen LogP contribution in [-0.4, -0.2) is 30.2 Å². The predicted octanol–water partition coefficient (Wildman–Crippen LogP) is 4.86. The molecule has 0 aliphatic heterocycles. The summed E-state index contributed by atoms with van der Waals surface area (Å²) in [5, 5.41) is 7.38. The lowest BCUT2D eigenvalue weighted by molar-refractivity contribution is 0.198. The van der Waals surface area contributed by atoms with Crippen LogP contribution in [0.4, 0.5) is 11.8 Å². The van der Waals surface area contributed by atoms with E-state index in [9.17, 15) is 0 Å². The second-order valence-electron chi connectivity index (χ2n) is 6.08. The van der Waals surface area contributed by atoms with Gasteiger partial charge in [0.15, 0.2) is 0 Å². The molecule has 0 fully saturated rings. The Balaban J connectivity index is 1.77. The van der Waals surface area contributed by atoms with Gasteiger partial charge in [-0.25, -0.2) is 4.98 Å². The Labute approximate surface area is 164 Å². The Bertz CT molecular complexity index is 841. The lowest BCUT2D eigenvalue weighted by atomic mass is 10.1. The highest BCUT2D eigenvalue weighted by Crippen LogP contribution is 2.21. The molecule has 0 bridgehead atoms. The standard InChI is InChI=1S/C21H23ClN4O/c1-27-13-5-12-23-20-14-19(17-6-3-2-4-7-17)25-21(26-20)24-15-16-8-10-18(22)11-9-16/h2-4,6-11,14H,5,12-13,15H2,1H3,(H2,23,24,25,26). The van der Waals surface area contributed by atoms with Crippen molar-refractivity contribution in [2.24, 2.45) is 0 Å². The highest BCUT2D eigenvalue weighted by atomic mass is 35.5. The number of ether oxygens (including phenoxy) is 1. The van der Waals surface area contributed by atoms with Gasteiger partial charge in [-0.3, -0.25) is 0 Å². The SMILES string of the molecule is COCCCNc1cc(-c2ccccc2)nc(NCc2ccc(Cl)cc2)n1. The van der Waals surface area contributed by atoms with Crippen molar-refractivity contribution in [3.63, 3.8) is 0 Å². The van der Waals surface area contributed by atoms with Gasteiger partial charge in [-0.05, 0) is 24.1 Å². The molecule has 0 unspecified atom stereocenters. The molecular weight excluding hydrogens is 360 g/mol. The van der Waals surface area contributed by atoms with E-state index in [1.165, 1.54) is 0 Å². The second kappa shape index (κ2) is 9.90. The molecule has 0 aliphatic carbocycles. The first-order valence-corrected chi connectivity index (χ1v) is 9.28. The molecule has 27 heavy (non-hydrogen) atoms. The van der Waals surface area contributed by atoms with Crippen molar-refractivity contribution in [3.05, 3.63) is 71.2 Å².